The van der Waals surface area contributed by atoms with Crippen LogP contribution in [0.5, 0.6) is 5.75 Å². The van der Waals surface area contributed by atoms with Crippen LogP contribution in [0.25, 0.3) is 0 Å². The molecule has 204 valence electrons. The number of carbonyl (C=O) groups is 2. The molecule has 5 rings (SSSR count). The highest BCUT2D eigenvalue weighted by Gasteiger charge is 2.43. The molecule has 0 aromatic heterocycles. The van der Waals surface area contributed by atoms with E-state index in [0.717, 1.165) is 30.7 Å². The summed E-state index contributed by atoms with van der Waals surface area (Å²) in [6, 6.07) is 14.6. The highest BCUT2D eigenvalue weighted by molar-refractivity contribution is 5.86. The van der Waals surface area contributed by atoms with Gasteiger partial charge in [0.15, 0.2) is 5.60 Å². The summed E-state index contributed by atoms with van der Waals surface area (Å²) in [5.74, 6) is 0.577. The number of benzene rings is 2. The van der Waals surface area contributed by atoms with Crippen LogP contribution in [0.15, 0.2) is 48.5 Å². The summed E-state index contributed by atoms with van der Waals surface area (Å²) >= 11 is 0. The summed E-state index contributed by atoms with van der Waals surface area (Å²) in [7, 11) is 0. The molecule has 2 amide bonds. The van der Waals surface area contributed by atoms with E-state index in [1.165, 1.54) is 17.7 Å². The molecule has 2 aromatic carbocycles. The number of carbonyl (C=O) groups excluding carboxylic acids is 2. The van der Waals surface area contributed by atoms with E-state index in [0.29, 0.717) is 65.4 Å². The van der Waals surface area contributed by atoms with E-state index in [2.05, 4.69) is 21.2 Å². The number of para-hydroxylation sites is 1. The lowest BCUT2D eigenvalue weighted by molar-refractivity contribution is -0.164. The van der Waals surface area contributed by atoms with Crippen molar-refractivity contribution in [3.8, 4) is 5.75 Å². The molecule has 2 aromatic rings. The minimum atomic E-state index is -0.960. The van der Waals surface area contributed by atoms with Gasteiger partial charge < -0.3 is 24.6 Å². The molecule has 0 radical (unpaired) electrons. The molecule has 1 N–H and O–H groups in total. The molecular weight excluding hydrogens is 487 g/mol. The number of amides is 2. The number of morpholine rings is 1. The number of piperazine rings is 1. The SMILES string of the molecule is O=C(CN1CCOC2(CCCCc3ccccc3OCCNC2=O)C1)N1CCN(c2ccc(F)cc2)CC1. The van der Waals surface area contributed by atoms with Crippen LogP contribution in [-0.2, 0) is 20.7 Å². The van der Waals surface area contributed by atoms with Gasteiger partial charge in [-0.2, -0.15) is 0 Å². The van der Waals surface area contributed by atoms with Gasteiger partial charge >= 0.3 is 0 Å². The second-order valence-electron chi connectivity index (χ2n) is 10.3. The predicted octanol–water partition coefficient (Wildman–Crippen LogP) is 2.47. The van der Waals surface area contributed by atoms with Crippen LogP contribution in [0, 0.1) is 5.82 Å². The minimum Gasteiger partial charge on any atom is -0.491 e. The molecule has 0 bridgehead atoms. The monoisotopic (exact) mass is 524 g/mol. The van der Waals surface area contributed by atoms with Gasteiger partial charge in [-0.3, -0.25) is 14.5 Å². The number of rotatable bonds is 3. The van der Waals surface area contributed by atoms with Crippen LogP contribution in [0.4, 0.5) is 10.1 Å². The Kier molecular flexibility index (Phi) is 8.44. The van der Waals surface area contributed by atoms with Gasteiger partial charge in [0.2, 0.25) is 5.91 Å². The topological polar surface area (TPSA) is 74.3 Å². The van der Waals surface area contributed by atoms with E-state index >= 15 is 0 Å². The number of nitrogens with zero attached hydrogens (tertiary/aromatic N) is 3. The van der Waals surface area contributed by atoms with Crippen molar-refractivity contribution in [2.24, 2.45) is 0 Å². The van der Waals surface area contributed by atoms with Gasteiger partial charge in [0.05, 0.1) is 19.7 Å². The summed E-state index contributed by atoms with van der Waals surface area (Å²) < 4.78 is 25.4. The largest absolute Gasteiger partial charge is 0.491 e. The Balaban J connectivity index is 1.17. The molecule has 0 aliphatic carbocycles. The molecule has 3 aliphatic rings. The number of fused-ring (bicyclic) bond motifs is 1. The van der Waals surface area contributed by atoms with Crippen molar-refractivity contribution in [1.29, 1.82) is 0 Å². The van der Waals surface area contributed by atoms with Gasteiger partial charge in [-0.05, 0) is 61.6 Å². The van der Waals surface area contributed by atoms with E-state index in [4.69, 9.17) is 9.47 Å². The molecular formula is C29H37FN4O4. The summed E-state index contributed by atoms with van der Waals surface area (Å²) in [5, 5.41) is 3.01. The molecule has 38 heavy (non-hydrogen) atoms. The number of ether oxygens (including phenoxy) is 2. The fourth-order valence-electron chi connectivity index (χ4n) is 5.61. The average molecular weight is 525 g/mol. The minimum absolute atomic E-state index is 0.0689. The Hall–Kier alpha value is -3.17. The van der Waals surface area contributed by atoms with Crippen molar-refractivity contribution in [3.05, 3.63) is 59.9 Å². The molecule has 1 unspecified atom stereocenters. The van der Waals surface area contributed by atoms with E-state index in [-0.39, 0.29) is 24.2 Å². The quantitative estimate of drug-likeness (QED) is 0.665. The van der Waals surface area contributed by atoms with Gasteiger partial charge in [0.25, 0.3) is 5.91 Å². The standard InChI is InChI=1S/C29H37FN4O4/c30-24-8-10-25(11-9-24)33-14-16-34(17-15-33)27(35)21-32-18-20-38-29(22-32)12-4-3-6-23-5-1-2-7-26(23)37-19-13-31-28(29)36/h1-2,5,7-11H,3-4,6,12-22H2,(H,31,36). The van der Waals surface area contributed by atoms with E-state index in [9.17, 15) is 14.0 Å². The molecule has 9 heteroatoms. The lowest BCUT2D eigenvalue weighted by atomic mass is 9.91. The lowest BCUT2D eigenvalue weighted by Crippen LogP contribution is -2.61. The van der Waals surface area contributed by atoms with E-state index < -0.39 is 5.60 Å². The van der Waals surface area contributed by atoms with Crippen LogP contribution in [0.3, 0.4) is 0 Å². The smallest absolute Gasteiger partial charge is 0.253 e. The van der Waals surface area contributed by atoms with Crippen molar-refractivity contribution in [1.82, 2.24) is 15.1 Å². The van der Waals surface area contributed by atoms with Crippen molar-refractivity contribution in [3.63, 3.8) is 0 Å². The normalized spacial score (nSPS) is 23.6. The van der Waals surface area contributed by atoms with Gasteiger partial charge in [0.1, 0.15) is 18.2 Å². The maximum absolute atomic E-state index is 13.3. The van der Waals surface area contributed by atoms with Crippen LogP contribution in [-0.4, -0.2) is 92.8 Å². The Morgan fingerprint density at radius 1 is 0.974 bits per heavy atom. The number of aryl methyl sites for hydroxylation is 1. The third-order valence-corrected chi connectivity index (χ3v) is 7.76. The Labute approximate surface area is 223 Å². The zero-order valence-corrected chi connectivity index (χ0v) is 21.9. The van der Waals surface area contributed by atoms with Crippen LogP contribution in [0.1, 0.15) is 24.8 Å². The van der Waals surface area contributed by atoms with Gasteiger partial charge in [0, 0.05) is 45.0 Å². The molecule has 1 atom stereocenters. The maximum Gasteiger partial charge on any atom is 0.253 e. The first-order chi connectivity index (χ1) is 18.5. The first-order valence-electron chi connectivity index (χ1n) is 13.7. The van der Waals surface area contributed by atoms with Crippen molar-refractivity contribution in [2.45, 2.75) is 31.3 Å². The fraction of sp³-hybridized carbons (Fsp3) is 0.517. The molecule has 3 heterocycles. The number of hydrogen-bond donors (Lipinski definition) is 1. The van der Waals surface area contributed by atoms with E-state index in [1.54, 1.807) is 12.1 Å². The maximum atomic E-state index is 13.3. The van der Waals surface area contributed by atoms with E-state index in [1.807, 2.05) is 23.1 Å². The Morgan fingerprint density at radius 2 is 1.76 bits per heavy atom. The summed E-state index contributed by atoms with van der Waals surface area (Å²) in [4.78, 5) is 32.6. The fourth-order valence-corrected chi connectivity index (χ4v) is 5.61. The zero-order chi connectivity index (χ0) is 26.4. The first kappa shape index (κ1) is 26.4. The Morgan fingerprint density at radius 3 is 2.58 bits per heavy atom. The summed E-state index contributed by atoms with van der Waals surface area (Å²) in [5.41, 5.74) is 1.19. The molecule has 2 fully saturated rings. The van der Waals surface area contributed by atoms with Gasteiger partial charge in [-0.25, -0.2) is 4.39 Å². The number of anilines is 1. The molecule has 2 saturated heterocycles. The third kappa shape index (κ3) is 6.27. The number of hydrogen-bond acceptors (Lipinski definition) is 6. The molecule has 8 nitrogen and oxygen atoms in total. The van der Waals surface area contributed by atoms with Gasteiger partial charge in [-0.1, -0.05) is 18.2 Å². The van der Waals surface area contributed by atoms with Crippen LogP contribution < -0.4 is 15.0 Å². The second-order valence-corrected chi connectivity index (χ2v) is 10.3. The van der Waals surface area contributed by atoms with Crippen molar-refractivity contribution < 1.29 is 23.5 Å². The highest BCUT2D eigenvalue weighted by Crippen LogP contribution is 2.28. The Bertz CT molecular complexity index is 1110. The zero-order valence-electron chi connectivity index (χ0n) is 21.9. The highest BCUT2D eigenvalue weighted by atomic mass is 19.1. The van der Waals surface area contributed by atoms with Crippen LogP contribution >= 0.6 is 0 Å². The summed E-state index contributed by atoms with van der Waals surface area (Å²) in [6.45, 7) is 5.14. The third-order valence-electron chi connectivity index (χ3n) is 7.76. The second kappa shape index (κ2) is 12.1. The average Bonchev–Trinajstić information content (AvgIpc) is 2.94. The molecule has 0 saturated carbocycles. The lowest BCUT2D eigenvalue weighted by Gasteiger charge is -2.42. The van der Waals surface area contributed by atoms with Crippen LogP contribution in [0.2, 0.25) is 0 Å². The van der Waals surface area contributed by atoms with Gasteiger partial charge in [-0.15, -0.1) is 0 Å². The van der Waals surface area contributed by atoms with Crippen molar-refractivity contribution in [2.75, 3.05) is 70.5 Å². The summed E-state index contributed by atoms with van der Waals surface area (Å²) in [6.07, 6.45) is 3.27. The first-order valence-corrected chi connectivity index (χ1v) is 13.7. The molecule has 3 aliphatic heterocycles. The number of halogens is 1. The van der Waals surface area contributed by atoms with Crippen molar-refractivity contribution >= 4 is 17.5 Å². The molecule has 1 spiro atoms. The number of nitrogens with one attached hydrogen (secondary N) is 1. The predicted molar refractivity (Wildman–Crippen MR) is 143 cm³/mol.